The first kappa shape index (κ1) is 20.2. The van der Waals surface area contributed by atoms with Crippen molar-refractivity contribution in [2.24, 2.45) is 0 Å². The van der Waals surface area contributed by atoms with Crippen molar-refractivity contribution in [2.75, 3.05) is 11.4 Å². The minimum absolute atomic E-state index is 0.0331. The monoisotopic (exact) mass is 428 g/mol. The van der Waals surface area contributed by atoms with Crippen LogP contribution in [-0.4, -0.2) is 25.2 Å². The van der Waals surface area contributed by atoms with Crippen LogP contribution in [0.4, 0.5) is 14.5 Å². The quantitative estimate of drug-likeness (QED) is 0.637. The molecule has 0 saturated carbocycles. The molecule has 1 aliphatic heterocycles. The molecule has 0 spiro atoms. The number of para-hydroxylation sites is 1. The number of nitrogens with zero attached hydrogens (tertiary/aromatic N) is 2. The van der Waals surface area contributed by atoms with Gasteiger partial charge in [0, 0.05) is 12.1 Å². The number of amides is 1. The fourth-order valence-electron chi connectivity index (χ4n) is 3.40. The van der Waals surface area contributed by atoms with E-state index in [0.29, 0.717) is 5.56 Å². The summed E-state index contributed by atoms with van der Waals surface area (Å²) in [6.45, 7) is -0.596. The van der Waals surface area contributed by atoms with Crippen molar-refractivity contribution in [3.63, 3.8) is 0 Å². The van der Waals surface area contributed by atoms with E-state index in [4.69, 9.17) is 0 Å². The minimum atomic E-state index is -4.01. The summed E-state index contributed by atoms with van der Waals surface area (Å²) in [5, 5.41) is 0. The zero-order valence-corrected chi connectivity index (χ0v) is 16.6. The Morgan fingerprint density at radius 3 is 2.23 bits per heavy atom. The molecular formula is C22H18F2N2O3S. The van der Waals surface area contributed by atoms with Crippen LogP contribution in [0, 0.1) is 11.6 Å². The SMILES string of the molecule is O=C1CN(Cc2ccc(F)cc2)S(=O)(=O)c2ccccc2N1Cc1ccccc1F. The molecule has 8 heteroatoms. The molecule has 30 heavy (non-hydrogen) atoms. The van der Waals surface area contributed by atoms with Gasteiger partial charge in [0.05, 0.1) is 18.8 Å². The van der Waals surface area contributed by atoms with Crippen LogP contribution in [0.2, 0.25) is 0 Å². The third kappa shape index (κ3) is 3.83. The van der Waals surface area contributed by atoms with Gasteiger partial charge in [0.2, 0.25) is 15.9 Å². The van der Waals surface area contributed by atoms with Crippen molar-refractivity contribution in [2.45, 2.75) is 18.0 Å². The molecule has 1 heterocycles. The number of benzene rings is 3. The highest BCUT2D eigenvalue weighted by molar-refractivity contribution is 7.89. The second-order valence-electron chi connectivity index (χ2n) is 6.94. The van der Waals surface area contributed by atoms with Gasteiger partial charge in [-0.25, -0.2) is 17.2 Å². The lowest BCUT2D eigenvalue weighted by molar-refractivity contribution is -0.119. The average Bonchev–Trinajstić information content (AvgIpc) is 2.80. The van der Waals surface area contributed by atoms with Gasteiger partial charge in [-0.1, -0.05) is 42.5 Å². The maximum atomic E-state index is 14.2. The fourth-order valence-corrected chi connectivity index (χ4v) is 4.97. The molecule has 0 saturated heterocycles. The van der Waals surface area contributed by atoms with Gasteiger partial charge in [-0.15, -0.1) is 0 Å². The molecule has 3 aromatic carbocycles. The van der Waals surface area contributed by atoms with Crippen molar-refractivity contribution in [1.82, 2.24) is 4.31 Å². The summed E-state index contributed by atoms with van der Waals surface area (Å²) < 4.78 is 55.1. The number of halogens is 2. The Balaban J connectivity index is 1.75. The van der Waals surface area contributed by atoms with Gasteiger partial charge < -0.3 is 4.90 Å². The summed E-state index contributed by atoms with van der Waals surface area (Å²) in [4.78, 5) is 14.3. The first-order chi connectivity index (χ1) is 14.4. The van der Waals surface area contributed by atoms with Crippen molar-refractivity contribution in [3.05, 3.63) is 95.6 Å². The largest absolute Gasteiger partial charge is 0.305 e. The van der Waals surface area contributed by atoms with Crippen molar-refractivity contribution >= 4 is 21.6 Å². The minimum Gasteiger partial charge on any atom is -0.305 e. The second-order valence-corrected chi connectivity index (χ2v) is 8.84. The van der Waals surface area contributed by atoms with Crippen molar-refractivity contribution in [3.8, 4) is 0 Å². The predicted octanol–water partition coefficient (Wildman–Crippen LogP) is 3.70. The van der Waals surface area contributed by atoms with Crippen LogP contribution in [0.25, 0.3) is 0 Å². The number of sulfonamides is 1. The Bertz CT molecular complexity index is 1200. The molecule has 0 fully saturated rings. The number of anilines is 1. The van der Waals surface area contributed by atoms with Crippen LogP contribution in [0.1, 0.15) is 11.1 Å². The first-order valence-corrected chi connectivity index (χ1v) is 10.7. The van der Waals surface area contributed by atoms with Gasteiger partial charge in [-0.3, -0.25) is 4.79 Å². The van der Waals surface area contributed by atoms with E-state index in [2.05, 4.69) is 0 Å². The highest BCUT2D eigenvalue weighted by Gasteiger charge is 2.36. The Labute approximate surface area is 173 Å². The van der Waals surface area contributed by atoms with Gasteiger partial charge in [-0.2, -0.15) is 4.31 Å². The third-order valence-electron chi connectivity index (χ3n) is 4.95. The zero-order chi connectivity index (χ0) is 21.3. The lowest BCUT2D eigenvalue weighted by atomic mass is 10.1. The maximum absolute atomic E-state index is 14.2. The molecule has 0 atom stereocenters. The predicted molar refractivity (Wildman–Crippen MR) is 108 cm³/mol. The summed E-state index contributed by atoms with van der Waals surface area (Å²) in [6, 6.07) is 17.6. The molecular weight excluding hydrogens is 410 g/mol. The Hall–Kier alpha value is -3.10. The van der Waals surface area contributed by atoms with Crippen LogP contribution in [0.3, 0.4) is 0 Å². The van der Waals surface area contributed by atoms with E-state index in [9.17, 15) is 22.0 Å². The number of hydrogen-bond donors (Lipinski definition) is 0. The van der Waals surface area contributed by atoms with Gasteiger partial charge in [0.15, 0.2) is 0 Å². The van der Waals surface area contributed by atoms with Gasteiger partial charge in [0.25, 0.3) is 0 Å². The molecule has 0 unspecified atom stereocenters. The average molecular weight is 428 g/mol. The molecule has 154 valence electrons. The van der Waals surface area contributed by atoms with Crippen LogP contribution in [-0.2, 0) is 27.9 Å². The maximum Gasteiger partial charge on any atom is 0.245 e. The molecule has 0 radical (unpaired) electrons. The molecule has 0 N–H and O–H groups in total. The van der Waals surface area contributed by atoms with Crippen molar-refractivity contribution < 1.29 is 22.0 Å². The van der Waals surface area contributed by atoms with E-state index in [1.165, 1.54) is 47.4 Å². The summed E-state index contributed by atoms with van der Waals surface area (Å²) >= 11 is 0. The van der Waals surface area contributed by atoms with Crippen LogP contribution >= 0.6 is 0 Å². The normalized spacial score (nSPS) is 16.2. The Morgan fingerprint density at radius 1 is 0.833 bits per heavy atom. The topological polar surface area (TPSA) is 57.7 Å². The van der Waals surface area contributed by atoms with E-state index in [1.807, 2.05) is 0 Å². The fraction of sp³-hybridized carbons (Fsp3) is 0.136. The van der Waals surface area contributed by atoms with E-state index in [0.717, 1.165) is 4.31 Å². The summed E-state index contributed by atoms with van der Waals surface area (Å²) in [5.74, 6) is -1.39. The standard InChI is InChI=1S/C22H18F2N2O3S/c23-18-11-9-16(10-12-18)13-25-15-22(27)26(14-17-5-1-2-6-19(17)24)20-7-3-4-8-21(20)30(25,28)29/h1-12H,13-15H2. The van der Waals surface area contributed by atoms with Gasteiger partial charge in [-0.05, 0) is 35.9 Å². The lowest BCUT2D eigenvalue weighted by Gasteiger charge is -2.22. The molecule has 5 nitrogen and oxygen atoms in total. The first-order valence-electron chi connectivity index (χ1n) is 9.23. The number of carbonyl (C=O) groups is 1. The Kier molecular flexibility index (Phi) is 5.36. The molecule has 1 aliphatic rings. The number of fused-ring (bicyclic) bond motifs is 1. The van der Waals surface area contributed by atoms with E-state index in [1.54, 1.807) is 30.3 Å². The molecule has 3 aromatic rings. The van der Waals surface area contributed by atoms with Gasteiger partial charge >= 0.3 is 0 Å². The highest BCUT2D eigenvalue weighted by atomic mass is 32.2. The number of hydrogen-bond acceptors (Lipinski definition) is 3. The second kappa shape index (κ2) is 7.97. The summed E-state index contributed by atoms with van der Waals surface area (Å²) in [5.41, 5.74) is 1.03. The molecule has 1 amide bonds. The van der Waals surface area contributed by atoms with Crippen molar-refractivity contribution in [1.29, 1.82) is 0 Å². The molecule has 0 bridgehead atoms. The van der Waals surface area contributed by atoms with Crippen LogP contribution in [0.15, 0.2) is 77.7 Å². The molecule has 0 aliphatic carbocycles. The van der Waals surface area contributed by atoms with E-state index < -0.39 is 34.1 Å². The third-order valence-corrected chi connectivity index (χ3v) is 6.78. The smallest absolute Gasteiger partial charge is 0.245 e. The Morgan fingerprint density at radius 2 is 1.50 bits per heavy atom. The highest BCUT2D eigenvalue weighted by Crippen LogP contribution is 2.33. The van der Waals surface area contributed by atoms with E-state index >= 15 is 0 Å². The zero-order valence-electron chi connectivity index (χ0n) is 15.8. The lowest BCUT2D eigenvalue weighted by Crippen LogP contribution is -2.38. The number of rotatable bonds is 4. The molecule has 0 aromatic heterocycles. The van der Waals surface area contributed by atoms with Crippen LogP contribution < -0.4 is 4.90 Å². The van der Waals surface area contributed by atoms with E-state index in [-0.39, 0.29) is 29.2 Å². The number of carbonyl (C=O) groups excluding carboxylic acids is 1. The summed E-state index contributed by atoms with van der Waals surface area (Å²) in [7, 11) is -4.01. The summed E-state index contributed by atoms with van der Waals surface area (Å²) in [6.07, 6.45) is 0. The molecule has 4 rings (SSSR count). The van der Waals surface area contributed by atoms with Gasteiger partial charge in [0.1, 0.15) is 16.5 Å². The van der Waals surface area contributed by atoms with Crippen LogP contribution in [0.5, 0.6) is 0 Å².